The van der Waals surface area contributed by atoms with Crippen LogP contribution in [0.15, 0.2) is 0 Å². The predicted octanol–water partition coefficient (Wildman–Crippen LogP) is 0.387. The second kappa shape index (κ2) is 7.62. The number of ether oxygens (including phenoxy) is 2. The normalized spacial score (nSPS) is 24.5. The minimum atomic E-state index is -0.539. The van der Waals surface area contributed by atoms with E-state index in [9.17, 15) is 5.11 Å². The maximum Gasteiger partial charge on any atom is 0.0979 e. The molecule has 0 radical (unpaired) electrons. The van der Waals surface area contributed by atoms with Crippen LogP contribution < -0.4 is 0 Å². The molecule has 1 heterocycles. The number of aliphatic hydroxyl groups excluding tert-OH is 1. The second-order valence-corrected chi connectivity index (χ2v) is 4.54. The highest BCUT2D eigenvalue weighted by atomic mass is 16.5. The number of aliphatic hydroxyl groups is 1. The van der Waals surface area contributed by atoms with Crippen LogP contribution in [0.2, 0.25) is 0 Å². The van der Waals surface area contributed by atoms with E-state index in [1.807, 2.05) is 11.8 Å². The van der Waals surface area contributed by atoms with Crippen LogP contribution in [0, 0.1) is 11.3 Å². The SMILES string of the molecule is COCC(C)OCC(O)CN1CCCC1C#N. The first kappa shape index (κ1) is 14.4. The molecule has 1 saturated heterocycles. The van der Waals surface area contributed by atoms with Crippen LogP contribution in [-0.4, -0.2) is 61.7 Å². The molecule has 1 fully saturated rings. The Balaban J connectivity index is 2.20. The number of β-amino-alcohol motifs (C(OH)–C–C–N with tert-alkyl or cyclic N) is 1. The molecule has 1 rings (SSSR count). The summed E-state index contributed by atoms with van der Waals surface area (Å²) in [5.41, 5.74) is 0. The van der Waals surface area contributed by atoms with E-state index in [2.05, 4.69) is 6.07 Å². The van der Waals surface area contributed by atoms with Gasteiger partial charge in [0.2, 0.25) is 0 Å². The quantitative estimate of drug-likeness (QED) is 0.699. The molecule has 0 aromatic carbocycles. The van der Waals surface area contributed by atoms with Crippen LogP contribution in [0.3, 0.4) is 0 Å². The van der Waals surface area contributed by atoms with E-state index in [1.165, 1.54) is 0 Å². The molecule has 0 amide bonds. The maximum absolute atomic E-state index is 9.82. The average molecular weight is 242 g/mol. The highest BCUT2D eigenvalue weighted by Crippen LogP contribution is 2.16. The van der Waals surface area contributed by atoms with Crippen molar-refractivity contribution in [3.05, 3.63) is 0 Å². The van der Waals surface area contributed by atoms with E-state index in [0.717, 1.165) is 19.4 Å². The second-order valence-electron chi connectivity index (χ2n) is 4.54. The number of methoxy groups -OCH3 is 1. The van der Waals surface area contributed by atoms with E-state index in [1.54, 1.807) is 7.11 Å². The van der Waals surface area contributed by atoms with Crippen LogP contribution in [0.1, 0.15) is 19.8 Å². The molecule has 3 unspecified atom stereocenters. The Hall–Kier alpha value is -0.670. The number of hydrogen-bond acceptors (Lipinski definition) is 5. The van der Waals surface area contributed by atoms with E-state index >= 15 is 0 Å². The van der Waals surface area contributed by atoms with Gasteiger partial charge in [-0.1, -0.05) is 0 Å². The Morgan fingerprint density at radius 3 is 2.94 bits per heavy atom. The average Bonchev–Trinajstić information content (AvgIpc) is 2.74. The van der Waals surface area contributed by atoms with Crippen molar-refractivity contribution in [2.24, 2.45) is 0 Å². The van der Waals surface area contributed by atoms with E-state index < -0.39 is 6.10 Å². The predicted molar refractivity (Wildman–Crippen MR) is 63.5 cm³/mol. The number of likely N-dealkylation sites (tertiary alicyclic amines) is 1. The van der Waals surface area contributed by atoms with E-state index in [-0.39, 0.29) is 12.1 Å². The summed E-state index contributed by atoms with van der Waals surface area (Å²) in [6.45, 7) is 4.13. The Bertz CT molecular complexity index is 255. The molecule has 0 aromatic rings. The molecule has 0 saturated carbocycles. The molecule has 98 valence electrons. The number of nitriles is 1. The van der Waals surface area contributed by atoms with Crippen LogP contribution in [0.4, 0.5) is 0 Å². The lowest BCUT2D eigenvalue weighted by Gasteiger charge is -2.23. The van der Waals surface area contributed by atoms with Gasteiger partial charge in [0.25, 0.3) is 0 Å². The molecule has 1 aliphatic heterocycles. The molecule has 0 bridgehead atoms. The van der Waals surface area contributed by atoms with Crippen LogP contribution in [0.5, 0.6) is 0 Å². The third kappa shape index (κ3) is 5.00. The topological polar surface area (TPSA) is 65.7 Å². The summed E-state index contributed by atoms with van der Waals surface area (Å²) < 4.78 is 10.4. The monoisotopic (exact) mass is 242 g/mol. The van der Waals surface area contributed by atoms with Crippen molar-refractivity contribution in [2.45, 2.75) is 38.0 Å². The van der Waals surface area contributed by atoms with Gasteiger partial charge in [0, 0.05) is 13.7 Å². The lowest BCUT2D eigenvalue weighted by atomic mass is 10.2. The summed E-state index contributed by atoms with van der Waals surface area (Å²) in [6, 6.07) is 2.22. The summed E-state index contributed by atoms with van der Waals surface area (Å²) >= 11 is 0. The molecule has 3 atom stereocenters. The van der Waals surface area contributed by atoms with Crippen molar-refractivity contribution in [3.63, 3.8) is 0 Å². The van der Waals surface area contributed by atoms with Gasteiger partial charge < -0.3 is 14.6 Å². The highest BCUT2D eigenvalue weighted by Gasteiger charge is 2.25. The van der Waals surface area contributed by atoms with Crippen molar-refractivity contribution >= 4 is 0 Å². The van der Waals surface area contributed by atoms with Crippen LogP contribution >= 0.6 is 0 Å². The maximum atomic E-state index is 9.82. The Morgan fingerprint density at radius 1 is 1.53 bits per heavy atom. The summed E-state index contributed by atoms with van der Waals surface area (Å²) in [5.74, 6) is 0. The number of nitrogens with zero attached hydrogens (tertiary/aromatic N) is 2. The summed E-state index contributed by atoms with van der Waals surface area (Å²) in [4.78, 5) is 2.02. The van der Waals surface area contributed by atoms with Gasteiger partial charge in [-0.3, -0.25) is 4.90 Å². The third-order valence-corrected chi connectivity index (χ3v) is 2.93. The first-order valence-corrected chi connectivity index (χ1v) is 6.09. The van der Waals surface area contributed by atoms with Gasteiger partial charge in [-0.25, -0.2) is 0 Å². The minimum absolute atomic E-state index is 0.0139. The van der Waals surface area contributed by atoms with E-state index in [4.69, 9.17) is 14.7 Å². The Kier molecular flexibility index (Phi) is 6.45. The zero-order chi connectivity index (χ0) is 12.7. The largest absolute Gasteiger partial charge is 0.389 e. The molecule has 1 aliphatic rings. The first-order chi connectivity index (χ1) is 8.17. The van der Waals surface area contributed by atoms with Gasteiger partial charge in [0.15, 0.2) is 0 Å². The van der Waals surface area contributed by atoms with Crippen molar-refractivity contribution in [1.82, 2.24) is 4.90 Å². The summed E-state index contributed by atoms with van der Waals surface area (Å²) in [6.07, 6.45) is 1.39. The molecule has 17 heavy (non-hydrogen) atoms. The van der Waals surface area contributed by atoms with Gasteiger partial charge >= 0.3 is 0 Å². The van der Waals surface area contributed by atoms with Crippen molar-refractivity contribution in [2.75, 3.05) is 33.4 Å². The highest BCUT2D eigenvalue weighted by molar-refractivity contribution is 4.96. The van der Waals surface area contributed by atoms with Crippen LogP contribution in [-0.2, 0) is 9.47 Å². The molecule has 5 heteroatoms. The molecular formula is C12H22N2O3. The zero-order valence-electron chi connectivity index (χ0n) is 10.6. The molecular weight excluding hydrogens is 220 g/mol. The fourth-order valence-corrected chi connectivity index (χ4v) is 2.07. The first-order valence-electron chi connectivity index (χ1n) is 6.09. The minimum Gasteiger partial charge on any atom is -0.389 e. The summed E-state index contributed by atoms with van der Waals surface area (Å²) in [7, 11) is 1.62. The molecule has 0 aromatic heterocycles. The fraction of sp³-hybridized carbons (Fsp3) is 0.917. The van der Waals surface area contributed by atoms with Crippen molar-refractivity contribution < 1.29 is 14.6 Å². The standard InChI is InChI=1S/C12H22N2O3/c1-10(8-16-2)17-9-12(15)7-14-5-3-4-11(14)6-13/h10-12,15H,3-5,7-9H2,1-2H3. The lowest BCUT2D eigenvalue weighted by molar-refractivity contribution is -0.0394. The lowest BCUT2D eigenvalue weighted by Crippen LogP contribution is -2.38. The zero-order valence-corrected chi connectivity index (χ0v) is 10.6. The van der Waals surface area contributed by atoms with Gasteiger partial charge in [-0.2, -0.15) is 5.26 Å². The number of rotatable bonds is 7. The fourth-order valence-electron chi connectivity index (χ4n) is 2.07. The molecule has 0 spiro atoms. The Morgan fingerprint density at radius 2 is 2.29 bits per heavy atom. The van der Waals surface area contributed by atoms with Gasteiger partial charge in [-0.15, -0.1) is 0 Å². The Labute approximate surface area is 103 Å². The van der Waals surface area contributed by atoms with Gasteiger partial charge in [0.05, 0.1) is 37.5 Å². The van der Waals surface area contributed by atoms with Crippen LogP contribution in [0.25, 0.3) is 0 Å². The van der Waals surface area contributed by atoms with Gasteiger partial charge in [0.1, 0.15) is 0 Å². The van der Waals surface area contributed by atoms with Gasteiger partial charge in [-0.05, 0) is 26.3 Å². The molecule has 0 aliphatic carbocycles. The smallest absolute Gasteiger partial charge is 0.0979 e. The van der Waals surface area contributed by atoms with Crippen molar-refractivity contribution in [1.29, 1.82) is 5.26 Å². The van der Waals surface area contributed by atoms with Crippen molar-refractivity contribution in [3.8, 4) is 6.07 Å². The summed E-state index contributed by atoms with van der Waals surface area (Å²) in [5, 5.41) is 18.7. The molecule has 5 nitrogen and oxygen atoms in total. The number of hydrogen-bond donors (Lipinski definition) is 1. The van der Waals surface area contributed by atoms with E-state index in [0.29, 0.717) is 19.8 Å². The third-order valence-electron chi connectivity index (χ3n) is 2.93. The molecule has 1 N–H and O–H groups in total.